The van der Waals surface area contributed by atoms with Gasteiger partial charge in [-0.25, -0.2) is 4.98 Å². The lowest BCUT2D eigenvalue weighted by Crippen LogP contribution is -2.13. The number of nitrogens with zero attached hydrogens (tertiary/aromatic N) is 1. The molecular formula is C7H9N3O3S. The predicted molar refractivity (Wildman–Crippen MR) is 52.2 cm³/mol. The number of carboxylic acids is 1. The zero-order chi connectivity index (χ0) is 10.6. The molecule has 0 saturated carbocycles. The highest BCUT2D eigenvalue weighted by molar-refractivity contribution is 7.99. The average Bonchev–Trinajstić information content (AvgIpc) is 2.12. The Hall–Kier alpha value is -1.50. The van der Waals surface area contributed by atoms with Crippen LogP contribution in [0.15, 0.2) is 16.1 Å². The molecule has 0 saturated heterocycles. The van der Waals surface area contributed by atoms with Crippen LogP contribution in [0.25, 0.3) is 0 Å². The molecule has 0 aliphatic heterocycles. The molecule has 4 N–H and O–H groups in total. The Bertz CT molecular complexity index is 390. The molecule has 0 fully saturated rings. The molecule has 0 aliphatic rings. The monoisotopic (exact) mass is 215 g/mol. The maximum absolute atomic E-state index is 11.0. The molecule has 1 heterocycles. The van der Waals surface area contributed by atoms with Crippen molar-refractivity contribution < 1.29 is 9.90 Å². The van der Waals surface area contributed by atoms with E-state index in [1.165, 1.54) is 6.33 Å². The van der Waals surface area contributed by atoms with Gasteiger partial charge < -0.3 is 15.8 Å². The molecule has 0 radical (unpaired) electrons. The van der Waals surface area contributed by atoms with Gasteiger partial charge in [0.25, 0.3) is 5.56 Å². The number of nitrogen functional groups attached to an aromatic ring is 1. The van der Waals surface area contributed by atoms with Crippen LogP contribution in [0.1, 0.15) is 6.42 Å². The molecule has 0 aliphatic carbocycles. The smallest absolute Gasteiger partial charge is 0.304 e. The molecular weight excluding hydrogens is 206 g/mol. The molecule has 6 nitrogen and oxygen atoms in total. The van der Waals surface area contributed by atoms with Gasteiger partial charge in [0.05, 0.1) is 12.7 Å². The molecule has 1 rings (SSSR count). The summed E-state index contributed by atoms with van der Waals surface area (Å²) >= 11 is 1.15. The first-order chi connectivity index (χ1) is 6.61. The second-order valence-electron chi connectivity index (χ2n) is 2.44. The van der Waals surface area contributed by atoms with Crippen LogP contribution in [0.2, 0.25) is 0 Å². The fraction of sp³-hybridized carbons (Fsp3) is 0.286. The summed E-state index contributed by atoms with van der Waals surface area (Å²) in [4.78, 5) is 27.3. The first-order valence-electron chi connectivity index (χ1n) is 3.79. The molecule has 7 heteroatoms. The van der Waals surface area contributed by atoms with Crippen LogP contribution < -0.4 is 11.3 Å². The topological polar surface area (TPSA) is 109 Å². The number of nitrogens with one attached hydrogen (secondary N) is 1. The van der Waals surface area contributed by atoms with Crippen molar-refractivity contribution in [2.24, 2.45) is 0 Å². The maximum Gasteiger partial charge on any atom is 0.304 e. The molecule has 0 bridgehead atoms. The number of carbonyl (C=O) groups is 1. The minimum absolute atomic E-state index is 0.0125. The van der Waals surface area contributed by atoms with Gasteiger partial charge in [-0.3, -0.25) is 9.59 Å². The summed E-state index contributed by atoms with van der Waals surface area (Å²) in [6.45, 7) is 0. The quantitative estimate of drug-likeness (QED) is 0.478. The zero-order valence-corrected chi connectivity index (χ0v) is 8.00. The lowest BCUT2D eigenvalue weighted by Gasteiger charge is -2.00. The molecule has 76 valence electrons. The first-order valence-corrected chi connectivity index (χ1v) is 4.77. The average molecular weight is 215 g/mol. The number of H-pyrrole nitrogens is 1. The highest BCUT2D eigenvalue weighted by Crippen LogP contribution is 2.18. The van der Waals surface area contributed by atoms with Crippen LogP contribution in [-0.2, 0) is 4.79 Å². The number of aromatic nitrogens is 2. The van der Waals surface area contributed by atoms with E-state index in [-0.39, 0.29) is 12.1 Å². The number of thioether (sulfide) groups is 1. The summed E-state index contributed by atoms with van der Waals surface area (Å²) in [5.41, 5.74) is 5.05. The maximum atomic E-state index is 11.0. The first kappa shape index (κ1) is 10.6. The van der Waals surface area contributed by atoms with Crippen LogP contribution in [0.4, 0.5) is 5.69 Å². The predicted octanol–water partition coefficient (Wildman–Crippen LogP) is -0.0811. The van der Waals surface area contributed by atoms with Crippen LogP contribution in [0, 0.1) is 0 Å². The Kier molecular flexibility index (Phi) is 3.52. The van der Waals surface area contributed by atoms with E-state index in [0.717, 1.165) is 11.8 Å². The number of aliphatic carboxylic acids is 1. The van der Waals surface area contributed by atoms with E-state index in [1.807, 2.05) is 0 Å². The highest BCUT2D eigenvalue weighted by atomic mass is 32.2. The highest BCUT2D eigenvalue weighted by Gasteiger charge is 2.05. The third-order valence-corrected chi connectivity index (χ3v) is 2.41. The van der Waals surface area contributed by atoms with Gasteiger partial charge in [-0.05, 0) is 0 Å². The van der Waals surface area contributed by atoms with Gasteiger partial charge in [0.2, 0.25) is 0 Å². The molecule has 0 aromatic carbocycles. The van der Waals surface area contributed by atoms with E-state index in [9.17, 15) is 9.59 Å². The van der Waals surface area contributed by atoms with E-state index in [0.29, 0.717) is 10.8 Å². The minimum Gasteiger partial charge on any atom is -0.481 e. The van der Waals surface area contributed by atoms with Crippen molar-refractivity contribution in [3.63, 3.8) is 0 Å². The molecule has 1 aromatic rings. The van der Waals surface area contributed by atoms with Crippen molar-refractivity contribution in [2.75, 3.05) is 11.5 Å². The third-order valence-electron chi connectivity index (χ3n) is 1.41. The Balaban J connectivity index is 2.63. The molecule has 14 heavy (non-hydrogen) atoms. The number of aromatic amines is 1. The van der Waals surface area contributed by atoms with Crippen LogP contribution in [0.5, 0.6) is 0 Å². The van der Waals surface area contributed by atoms with E-state index in [2.05, 4.69) is 9.97 Å². The molecule has 0 amide bonds. The number of hydrogen-bond acceptors (Lipinski definition) is 5. The summed E-state index contributed by atoms with van der Waals surface area (Å²) in [5, 5.41) is 8.75. The van der Waals surface area contributed by atoms with Crippen molar-refractivity contribution in [1.29, 1.82) is 0 Å². The van der Waals surface area contributed by atoms with Crippen molar-refractivity contribution in [2.45, 2.75) is 11.4 Å². The Morgan fingerprint density at radius 1 is 1.71 bits per heavy atom. The zero-order valence-electron chi connectivity index (χ0n) is 7.19. The molecule has 0 unspecified atom stereocenters. The Morgan fingerprint density at radius 2 is 2.43 bits per heavy atom. The summed E-state index contributed by atoms with van der Waals surface area (Å²) in [6, 6.07) is 0. The summed E-state index contributed by atoms with van der Waals surface area (Å²) in [6.07, 6.45) is 1.25. The van der Waals surface area contributed by atoms with Crippen molar-refractivity contribution in [3.05, 3.63) is 16.7 Å². The normalized spacial score (nSPS) is 10.0. The standard InChI is InChI=1S/C7H9N3O3S/c8-5-6(13)9-3-10-7(5)14-2-1-4(11)12/h3H,1-2,8H2,(H,11,12)(H,9,10,13). The fourth-order valence-corrected chi connectivity index (χ4v) is 1.59. The Labute approximate surface area is 83.5 Å². The lowest BCUT2D eigenvalue weighted by molar-refractivity contribution is -0.136. The fourth-order valence-electron chi connectivity index (χ4n) is 0.744. The van der Waals surface area contributed by atoms with Gasteiger partial charge in [0, 0.05) is 5.75 Å². The number of anilines is 1. The van der Waals surface area contributed by atoms with Crippen molar-refractivity contribution >= 4 is 23.4 Å². The van der Waals surface area contributed by atoms with Gasteiger partial charge in [-0.15, -0.1) is 11.8 Å². The van der Waals surface area contributed by atoms with Crippen molar-refractivity contribution in [3.8, 4) is 0 Å². The van der Waals surface area contributed by atoms with Gasteiger partial charge in [0.15, 0.2) is 0 Å². The second kappa shape index (κ2) is 4.66. The van der Waals surface area contributed by atoms with Crippen LogP contribution in [-0.4, -0.2) is 26.8 Å². The van der Waals surface area contributed by atoms with E-state index >= 15 is 0 Å². The molecule has 1 aromatic heterocycles. The number of carboxylic acid groups (broad SMARTS) is 1. The van der Waals surface area contributed by atoms with Crippen LogP contribution >= 0.6 is 11.8 Å². The van der Waals surface area contributed by atoms with Crippen LogP contribution in [0.3, 0.4) is 0 Å². The summed E-state index contributed by atoms with van der Waals surface area (Å²) in [5.74, 6) is -0.545. The van der Waals surface area contributed by atoms with E-state index in [1.54, 1.807) is 0 Å². The van der Waals surface area contributed by atoms with Gasteiger partial charge in [-0.2, -0.15) is 0 Å². The number of hydrogen-bond donors (Lipinski definition) is 3. The molecule has 0 atom stereocenters. The second-order valence-corrected chi connectivity index (χ2v) is 3.53. The van der Waals surface area contributed by atoms with Gasteiger partial charge in [0.1, 0.15) is 10.7 Å². The summed E-state index contributed by atoms with van der Waals surface area (Å²) < 4.78 is 0. The lowest BCUT2D eigenvalue weighted by atomic mass is 10.5. The van der Waals surface area contributed by atoms with Gasteiger partial charge >= 0.3 is 5.97 Å². The third kappa shape index (κ3) is 2.77. The van der Waals surface area contributed by atoms with Crippen molar-refractivity contribution in [1.82, 2.24) is 9.97 Å². The minimum atomic E-state index is -0.888. The van der Waals surface area contributed by atoms with Gasteiger partial charge in [-0.1, -0.05) is 0 Å². The molecule has 0 spiro atoms. The summed E-state index contributed by atoms with van der Waals surface area (Å²) in [7, 11) is 0. The Morgan fingerprint density at radius 3 is 3.07 bits per heavy atom. The number of rotatable bonds is 4. The largest absolute Gasteiger partial charge is 0.481 e. The number of nitrogens with two attached hydrogens (primary N) is 1. The van der Waals surface area contributed by atoms with E-state index < -0.39 is 11.5 Å². The SMILES string of the molecule is Nc1c(SCCC(=O)O)nc[nH]c1=O. The van der Waals surface area contributed by atoms with E-state index in [4.69, 9.17) is 10.8 Å².